The Labute approximate surface area is 124 Å². The minimum Gasteiger partial charge on any atom is -0.398 e. The predicted molar refractivity (Wildman–Crippen MR) is 79.6 cm³/mol. The van der Waals surface area contributed by atoms with Crippen LogP contribution in [0.25, 0.3) is 0 Å². The molecule has 0 aliphatic carbocycles. The molecule has 0 aromatic heterocycles. The maximum absolute atomic E-state index is 13.0. The minimum absolute atomic E-state index is 0.0377. The Kier molecular flexibility index (Phi) is 3.98. The number of rotatable bonds is 3. The lowest BCUT2D eigenvalue weighted by atomic mass is 10.2. The van der Waals surface area contributed by atoms with Crippen LogP contribution >= 0.6 is 15.9 Å². The zero-order valence-electron chi connectivity index (χ0n) is 10.1. The summed E-state index contributed by atoms with van der Waals surface area (Å²) in [4.78, 5) is -0.138. The number of nitrogens with one attached hydrogen (secondary N) is 1. The first kappa shape index (κ1) is 14.8. The molecule has 2 aromatic rings. The number of halogens is 2. The molecule has 5 N–H and O–H groups in total. The molecule has 0 heterocycles. The largest absolute Gasteiger partial charge is 0.398 e. The van der Waals surface area contributed by atoms with E-state index in [0.29, 0.717) is 15.8 Å². The number of nitrogen functional groups attached to an aromatic ring is 1. The number of hydrogen-bond donors (Lipinski definition) is 3. The van der Waals surface area contributed by atoms with Gasteiger partial charge in [0.25, 0.3) is 0 Å². The number of benzene rings is 2. The van der Waals surface area contributed by atoms with Gasteiger partial charge in [0.05, 0.1) is 11.4 Å². The summed E-state index contributed by atoms with van der Waals surface area (Å²) in [5, 5.41) is 8.01. The summed E-state index contributed by atoms with van der Waals surface area (Å²) in [7, 11) is -3.85. The molecule has 2 rings (SSSR count). The molecule has 0 bridgehead atoms. The smallest absolute Gasteiger partial charge is 0.240 e. The van der Waals surface area contributed by atoms with E-state index in [2.05, 4.69) is 21.2 Å². The summed E-state index contributed by atoms with van der Waals surface area (Å²) in [5.41, 5.74) is 6.87. The van der Waals surface area contributed by atoms with Crippen molar-refractivity contribution in [3.05, 3.63) is 46.7 Å². The second kappa shape index (κ2) is 5.39. The Bertz CT molecular complexity index is 765. The highest BCUT2D eigenvalue weighted by atomic mass is 79.9. The second-order valence-electron chi connectivity index (χ2n) is 4.05. The summed E-state index contributed by atoms with van der Waals surface area (Å²) < 4.78 is 36.0. The highest BCUT2D eigenvalue weighted by molar-refractivity contribution is 9.10. The molecule has 0 amide bonds. The van der Waals surface area contributed by atoms with Crippen molar-refractivity contribution in [1.29, 1.82) is 0 Å². The van der Waals surface area contributed by atoms with Crippen molar-refractivity contribution in [1.82, 2.24) is 0 Å². The fraction of sp³-hybridized carbons (Fsp3) is 0. The topological polar surface area (TPSA) is 98.2 Å². The van der Waals surface area contributed by atoms with E-state index >= 15 is 0 Å². The summed E-state index contributed by atoms with van der Waals surface area (Å²) in [6.45, 7) is 0. The lowest BCUT2D eigenvalue weighted by Crippen LogP contribution is -2.14. The molecule has 2 aromatic carbocycles. The fourth-order valence-corrected chi connectivity index (χ4v) is 2.73. The summed E-state index contributed by atoms with van der Waals surface area (Å²) >= 11 is 3.22. The molecular weight excluding hydrogens is 349 g/mol. The van der Waals surface area contributed by atoms with Gasteiger partial charge >= 0.3 is 0 Å². The van der Waals surface area contributed by atoms with Crippen LogP contribution in [0.1, 0.15) is 0 Å². The highest BCUT2D eigenvalue weighted by Gasteiger charge is 2.12. The average Bonchev–Trinajstić information content (AvgIpc) is 2.31. The second-order valence-corrected chi connectivity index (χ2v) is 6.43. The van der Waals surface area contributed by atoms with E-state index < -0.39 is 10.0 Å². The average molecular weight is 360 g/mol. The Morgan fingerprint density at radius 2 is 1.85 bits per heavy atom. The van der Waals surface area contributed by atoms with Crippen LogP contribution in [0.15, 0.2) is 45.8 Å². The van der Waals surface area contributed by atoms with E-state index in [4.69, 9.17) is 10.9 Å². The van der Waals surface area contributed by atoms with Crippen LogP contribution in [0.2, 0.25) is 0 Å². The van der Waals surface area contributed by atoms with E-state index in [-0.39, 0.29) is 16.4 Å². The Hall–Kier alpha value is -1.64. The Morgan fingerprint density at radius 1 is 1.15 bits per heavy atom. The maximum atomic E-state index is 13.0. The SMILES string of the molecule is Nc1cc(Nc2ccc(F)cc2Br)ccc1S(N)(=O)=O. The maximum Gasteiger partial charge on any atom is 0.240 e. The zero-order chi connectivity index (χ0) is 14.9. The molecule has 0 unspecified atom stereocenters. The van der Waals surface area contributed by atoms with E-state index in [1.165, 1.54) is 30.3 Å². The monoisotopic (exact) mass is 359 g/mol. The third-order valence-corrected chi connectivity index (χ3v) is 4.17. The first-order valence-corrected chi connectivity index (χ1v) is 7.76. The molecule has 8 heteroatoms. The Balaban J connectivity index is 2.34. The van der Waals surface area contributed by atoms with E-state index in [9.17, 15) is 12.8 Å². The van der Waals surface area contributed by atoms with E-state index in [0.717, 1.165) is 0 Å². The lowest BCUT2D eigenvalue weighted by Gasteiger charge is -2.11. The molecule has 0 spiro atoms. The van der Waals surface area contributed by atoms with Gasteiger partial charge < -0.3 is 11.1 Å². The Morgan fingerprint density at radius 3 is 2.40 bits per heavy atom. The molecule has 0 aliphatic rings. The van der Waals surface area contributed by atoms with Crippen LogP contribution < -0.4 is 16.2 Å². The van der Waals surface area contributed by atoms with Crippen molar-refractivity contribution in [2.24, 2.45) is 5.14 Å². The molecule has 0 atom stereocenters. The summed E-state index contributed by atoms with van der Waals surface area (Å²) in [6.07, 6.45) is 0. The minimum atomic E-state index is -3.85. The number of sulfonamides is 1. The van der Waals surface area contributed by atoms with Crippen molar-refractivity contribution in [2.75, 3.05) is 11.1 Å². The summed E-state index contributed by atoms with van der Waals surface area (Å²) in [6, 6.07) is 8.43. The van der Waals surface area contributed by atoms with Crippen LogP contribution in [0.5, 0.6) is 0 Å². The third kappa shape index (κ3) is 3.27. The number of anilines is 3. The van der Waals surface area contributed by atoms with Crippen LogP contribution in [0.3, 0.4) is 0 Å². The van der Waals surface area contributed by atoms with Crippen molar-refractivity contribution in [3.8, 4) is 0 Å². The van der Waals surface area contributed by atoms with Crippen molar-refractivity contribution in [3.63, 3.8) is 0 Å². The van der Waals surface area contributed by atoms with Crippen LogP contribution in [0, 0.1) is 5.82 Å². The number of primary sulfonamides is 1. The lowest BCUT2D eigenvalue weighted by molar-refractivity contribution is 0.598. The van der Waals surface area contributed by atoms with E-state index in [1.807, 2.05) is 0 Å². The standard InChI is InChI=1S/C12H11BrFN3O2S/c13-9-5-7(14)1-3-11(9)17-8-2-4-12(10(15)6-8)20(16,18)19/h1-6,17H,15H2,(H2,16,18,19). The van der Waals surface area contributed by atoms with Gasteiger partial charge in [0.15, 0.2) is 0 Å². The van der Waals surface area contributed by atoms with Crippen LogP contribution in [0.4, 0.5) is 21.5 Å². The fourth-order valence-electron chi connectivity index (χ4n) is 1.63. The van der Waals surface area contributed by atoms with Gasteiger partial charge in [-0.25, -0.2) is 17.9 Å². The van der Waals surface area contributed by atoms with Gasteiger partial charge in [-0.1, -0.05) is 0 Å². The molecule has 0 saturated carbocycles. The van der Waals surface area contributed by atoms with Crippen molar-refractivity contribution in [2.45, 2.75) is 4.90 Å². The number of nitrogens with two attached hydrogens (primary N) is 2. The van der Waals surface area contributed by atoms with Gasteiger partial charge in [-0.15, -0.1) is 0 Å². The number of hydrogen-bond acceptors (Lipinski definition) is 4. The molecule has 20 heavy (non-hydrogen) atoms. The molecular formula is C12H11BrFN3O2S. The molecule has 0 aliphatic heterocycles. The zero-order valence-corrected chi connectivity index (χ0v) is 12.5. The summed E-state index contributed by atoms with van der Waals surface area (Å²) in [5.74, 6) is -0.369. The van der Waals surface area contributed by atoms with Crippen LogP contribution in [-0.2, 0) is 10.0 Å². The van der Waals surface area contributed by atoms with Crippen molar-refractivity contribution < 1.29 is 12.8 Å². The van der Waals surface area contributed by atoms with E-state index in [1.54, 1.807) is 6.07 Å². The molecule has 5 nitrogen and oxygen atoms in total. The molecule has 106 valence electrons. The predicted octanol–water partition coefficient (Wildman–Crippen LogP) is 2.56. The first-order valence-electron chi connectivity index (χ1n) is 5.42. The third-order valence-electron chi connectivity index (χ3n) is 2.53. The van der Waals surface area contributed by atoms with Gasteiger partial charge in [-0.2, -0.15) is 0 Å². The normalized spacial score (nSPS) is 11.3. The van der Waals surface area contributed by atoms with Gasteiger partial charge in [0, 0.05) is 10.2 Å². The van der Waals surface area contributed by atoms with Crippen LogP contribution in [-0.4, -0.2) is 8.42 Å². The van der Waals surface area contributed by atoms with Gasteiger partial charge in [0.2, 0.25) is 10.0 Å². The van der Waals surface area contributed by atoms with Gasteiger partial charge in [-0.05, 0) is 52.3 Å². The molecule has 0 fully saturated rings. The van der Waals surface area contributed by atoms with Gasteiger partial charge in [0.1, 0.15) is 10.7 Å². The van der Waals surface area contributed by atoms with Crippen molar-refractivity contribution >= 4 is 43.0 Å². The molecule has 0 radical (unpaired) electrons. The first-order chi connectivity index (χ1) is 9.27. The highest BCUT2D eigenvalue weighted by Crippen LogP contribution is 2.28. The quantitative estimate of drug-likeness (QED) is 0.733. The molecule has 0 saturated heterocycles. The van der Waals surface area contributed by atoms with Gasteiger partial charge in [-0.3, -0.25) is 0 Å².